The molecule has 0 saturated heterocycles. The number of nitrogens with zero attached hydrogens (tertiary/aromatic N) is 2. The fourth-order valence-electron chi connectivity index (χ4n) is 1.40. The van der Waals surface area contributed by atoms with E-state index in [1.807, 2.05) is 12.1 Å². The molecule has 0 radical (unpaired) electrons. The highest BCUT2D eigenvalue weighted by Crippen LogP contribution is 2.24. The predicted octanol–water partition coefficient (Wildman–Crippen LogP) is 3.54. The van der Waals surface area contributed by atoms with Crippen LogP contribution in [0.4, 0.5) is 5.69 Å². The highest BCUT2D eigenvalue weighted by molar-refractivity contribution is 7.11. The van der Waals surface area contributed by atoms with E-state index in [0.29, 0.717) is 17.3 Å². The van der Waals surface area contributed by atoms with Crippen molar-refractivity contribution in [2.75, 3.05) is 6.61 Å². The molecule has 1 aromatic heterocycles. The second-order valence-electron chi connectivity index (χ2n) is 3.42. The third-order valence-corrected chi connectivity index (χ3v) is 3.07. The van der Waals surface area contributed by atoms with Gasteiger partial charge in [-0.3, -0.25) is 0 Å². The molecule has 0 fully saturated rings. The minimum absolute atomic E-state index is 0.341. The van der Waals surface area contributed by atoms with E-state index in [1.54, 1.807) is 24.4 Å². The number of hydrogen-bond acceptors (Lipinski definition) is 4. The molecule has 1 heterocycles. The van der Waals surface area contributed by atoms with Gasteiger partial charge in [0, 0.05) is 5.38 Å². The van der Waals surface area contributed by atoms with Crippen molar-refractivity contribution in [2.45, 2.75) is 6.92 Å². The molecule has 2 rings (SSSR count). The first kappa shape index (κ1) is 12.3. The van der Waals surface area contributed by atoms with E-state index in [1.165, 1.54) is 11.3 Å². The molecule has 0 atom stereocenters. The van der Waals surface area contributed by atoms with E-state index in [9.17, 15) is 4.79 Å². The second kappa shape index (κ2) is 5.43. The summed E-state index contributed by atoms with van der Waals surface area (Å²) in [5.74, 6) is -0.397. The van der Waals surface area contributed by atoms with Crippen molar-refractivity contribution in [1.82, 2.24) is 4.98 Å². The monoisotopic (exact) mass is 258 g/mol. The summed E-state index contributed by atoms with van der Waals surface area (Å²) in [6, 6.07) is 7.09. The van der Waals surface area contributed by atoms with Crippen molar-refractivity contribution >= 4 is 23.0 Å². The van der Waals surface area contributed by atoms with E-state index in [2.05, 4.69) is 9.83 Å². The van der Waals surface area contributed by atoms with Gasteiger partial charge < -0.3 is 4.74 Å². The third kappa shape index (κ3) is 2.55. The maximum Gasteiger partial charge on any atom is 0.367 e. The molecule has 0 aliphatic heterocycles. The van der Waals surface area contributed by atoms with Crippen LogP contribution in [-0.4, -0.2) is 17.6 Å². The van der Waals surface area contributed by atoms with Crippen LogP contribution in [0.2, 0.25) is 0 Å². The fraction of sp³-hybridized carbons (Fsp3) is 0.154. The molecule has 0 unspecified atom stereocenters. The highest BCUT2D eigenvalue weighted by atomic mass is 32.1. The fourth-order valence-corrected chi connectivity index (χ4v) is 2.12. The van der Waals surface area contributed by atoms with Crippen LogP contribution < -0.4 is 0 Å². The van der Waals surface area contributed by atoms with Gasteiger partial charge >= 0.3 is 5.97 Å². The summed E-state index contributed by atoms with van der Waals surface area (Å²) < 4.78 is 4.88. The van der Waals surface area contributed by atoms with E-state index in [0.717, 1.165) is 11.3 Å². The number of benzene rings is 1. The normalized spacial score (nSPS) is 9.78. The van der Waals surface area contributed by atoms with Crippen molar-refractivity contribution in [3.8, 4) is 11.3 Å². The topological polar surface area (TPSA) is 43.5 Å². The Kier molecular flexibility index (Phi) is 3.70. The van der Waals surface area contributed by atoms with Crippen LogP contribution in [-0.2, 0) is 4.74 Å². The Labute approximate surface area is 109 Å². The molecule has 4 nitrogen and oxygen atoms in total. The van der Waals surface area contributed by atoms with Crippen molar-refractivity contribution < 1.29 is 9.53 Å². The molecule has 0 amide bonds. The van der Waals surface area contributed by atoms with Crippen LogP contribution in [0.5, 0.6) is 0 Å². The quantitative estimate of drug-likeness (QED) is 0.624. The zero-order chi connectivity index (χ0) is 13.0. The molecule has 0 aliphatic rings. The van der Waals surface area contributed by atoms with Crippen LogP contribution in [0, 0.1) is 6.57 Å². The first-order chi connectivity index (χ1) is 8.74. The lowest BCUT2D eigenvalue weighted by molar-refractivity contribution is 0.0526. The van der Waals surface area contributed by atoms with Gasteiger partial charge in [-0.2, -0.15) is 0 Å². The van der Waals surface area contributed by atoms with Gasteiger partial charge in [0.05, 0.1) is 18.9 Å². The lowest BCUT2D eigenvalue weighted by Crippen LogP contribution is -2.03. The largest absolute Gasteiger partial charge is 0.461 e. The van der Waals surface area contributed by atoms with Crippen molar-refractivity contribution in [3.63, 3.8) is 0 Å². The molecule has 90 valence electrons. The third-order valence-electron chi connectivity index (χ3n) is 2.25. The van der Waals surface area contributed by atoms with Crippen LogP contribution in [0.25, 0.3) is 16.1 Å². The second-order valence-corrected chi connectivity index (χ2v) is 4.28. The number of esters is 1. The lowest BCUT2D eigenvalue weighted by Gasteiger charge is -1.97. The predicted molar refractivity (Wildman–Crippen MR) is 69.8 cm³/mol. The van der Waals surface area contributed by atoms with E-state index in [4.69, 9.17) is 11.3 Å². The first-order valence-corrected chi connectivity index (χ1v) is 6.23. The molecular weight excluding hydrogens is 248 g/mol. The van der Waals surface area contributed by atoms with Gasteiger partial charge in [0.15, 0.2) is 5.69 Å². The molecule has 1 aromatic carbocycles. The molecule has 0 spiro atoms. The Morgan fingerprint density at radius 2 is 2.17 bits per heavy atom. The summed E-state index contributed by atoms with van der Waals surface area (Å²) in [6.07, 6.45) is 0. The van der Waals surface area contributed by atoms with Gasteiger partial charge in [0.2, 0.25) is 5.01 Å². The smallest absolute Gasteiger partial charge is 0.367 e. The minimum atomic E-state index is -0.397. The van der Waals surface area contributed by atoms with Gasteiger partial charge in [0.25, 0.3) is 0 Å². The summed E-state index contributed by atoms with van der Waals surface area (Å²) in [4.78, 5) is 19.0. The van der Waals surface area contributed by atoms with Gasteiger partial charge in [-0.1, -0.05) is 24.3 Å². The zero-order valence-corrected chi connectivity index (χ0v) is 10.5. The number of carbonyl (C=O) groups is 1. The summed E-state index contributed by atoms with van der Waals surface area (Å²) >= 11 is 1.26. The Balaban J connectivity index is 2.24. The van der Waals surface area contributed by atoms with Crippen molar-refractivity contribution in [2.24, 2.45) is 0 Å². The SMILES string of the molecule is [C-]#[N+]c1ccc(-c2csc(C(=O)OCC)n2)cc1. The van der Waals surface area contributed by atoms with Gasteiger partial charge in [-0.25, -0.2) is 14.6 Å². The van der Waals surface area contributed by atoms with Crippen LogP contribution in [0.1, 0.15) is 16.7 Å². The van der Waals surface area contributed by atoms with E-state index >= 15 is 0 Å². The molecule has 0 N–H and O–H groups in total. The standard InChI is InChI=1S/C13H10N2O2S/c1-3-17-13(16)12-15-11(8-18-12)9-4-6-10(14-2)7-5-9/h4-8H,3H2,1H3. The van der Waals surface area contributed by atoms with Gasteiger partial charge in [0.1, 0.15) is 0 Å². The van der Waals surface area contributed by atoms with Gasteiger partial charge in [-0.05, 0) is 12.5 Å². The van der Waals surface area contributed by atoms with Crippen LogP contribution in [0.3, 0.4) is 0 Å². The molecule has 0 bridgehead atoms. The Hall–Kier alpha value is -2.19. The van der Waals surface area contributed by atoms with Crippen molar-refractivity contribution in [3.05, 3.63) is 46.1 Å². The molecule has 18 heavy (non-hydrogen) atoms. The maximum absolute atomic E-state index is 11.5. The maximum atomic E-state index is 11.5. The summed E-state index contributed by atoms with van der Waals surface area (Å²) in [5.41, 5.74) is 2.19. The Morgan fingerprint density at radius 1 is 1.44 bits per heavy atom. The number of ether oxygens (including phenoxy) is 1. The Morgan fingerprint density at radius 3 is 2.78 bits per heavy atom. The zero-order valence-electron chi connectivity index (χ0n) is 9.71. The van der Waals surface area contributed by atoms with Gasteiger partial charge in [-0.15, -0.1) is 11.3 Å². The lowest BCUT2D eigenvalue weighted by atomic mass is 10.1. The average molecular weight is 258 g/mol. The Bertz CT molecular complexity index is 596. The van der Waals surface area contributed by atoms with Crippen molar-refractivity contribution in [1.29, 1.82) is 0 Å². The minimum Gasteiger partial charge on any atom is -0.461 e. The molecule has 0 aliphatic carbocycles. The van der Waals surface area contributed by atoms with E-state index < -0.39 is 5.97 Å². The van der Waals surface area contributed by atoms with Crippen LogP contribution in [0.15, 0.2) is 29.6 Å². The molecule has 5 heteroatoms. The average Bonchev–Trinajstić information content (AvgIpc) is 2.89. The number of thiazole rings is 1. The summed E-state index contributed by atoms with van der Waals surface area (Å²) in [6.45, 7) is 8.98. The molecule has 2 aromatic rings. The molecule has 0 saturated carbocycles. The number of rotatable bonds is 3. The highest BCUT2D eigenvalue weighted by Gasteiger charge is 2.12. The first-order valence-electron chi connectivity index (χ1n) is 5.35. The number of hydrogen-bond donors (Lipinski definition) is 0. The van der Waals surface area contributed by atoms with Crippen LogP contribution >= 0.6 is 11.3 Å². The van der Waals surface area contributed by atoms with E-state index in [-0.39, 0.29) is 0 Å². The number of carbonyl (C=O) groups excluding carboxylic acids is 1. The number of aromatic nitrogens is 1. The molecular formula is C13H10N2O2S. The summed E-state index contributed by atoms with van der Waals surface area (Å²) in [7, 11) is 0. The summed E-state index contributed by atoms with van der Waals surface area (Å²) in [5, 5.41) is 2.15.